The van der Waals surface area contributed by atoms with Crippen LogP contribution >= 0.6 is 0 Å². The summed E-state index contributed by atoms with van der Waals surface area (Å²) in [5.41, 5.74) is 1.60. The molecule has 2 aliphatic rings. The van der Waals surface area contributed by atoms with Gasteiger partial charge in [-0.1, -0.05) is 0 Å². The molecule has 2 aliphatic heterocycles. The second-order valence-corrected chi connectivity index (χ2v) is 6.44. The highest BCUT2D eigenvalue weighted by atomic mass is 16.6. The van der Waals surface area contributed by atoms with Gasteiger partial charge in [-0.2, -0.15) is 0 Å². The van der Waals surface area contributed by atoms with Crippen LogP contribution in [0.3, 0.4) is 0 Å². The second-order valence-electron chi connectivity index (χ2n) is 6.44. The molecule has 4 rings (SSSR count). The number of piperidine rings is 1. The number of carbonyl (C=O) groups excluding carboxylic acids is 2. The van der Waals surface area contributed by atoms with Gasteiger partial charge in [-0.3, -0.25) is 0 Å². The van der Waals surface area contributed by atoms with Crippen molar-refractivity contribution >= 4 is 22.8 Å². The van der Waals surface area contributed by atoms with E-state index in [1.165, 1.54) is 6.07 Å². The van der Waals surface area contributed by atoms with E-state index in [9.17, 15) is 14.7 Å². The number of hydrogen-bond donors (Lipinski definition) is 1. The minimum atomic E-state index is -1.13. The number of benzene rings is 1. The first-order valence-corrected chi connectivity index (χ1v) is 7.94. The van der Waals surface area contributed by atoms with Gasteiger partial charge in [0.25, 0.3) is 0 Å². The van der Waals surface area contributed by atoms with Crippen LogP contribution in [-0.4, -0.2) is 46.6 Å². The van der Waals surface area contributed by atoms with E-state index < -0.39 is 11.9 Å². The van der Waals surface area contributed by atoms with Crippen LogP contribution in [0.4, 0.5) is 0 Å². The lowest BCUT2D eigenvalue weighted by atomic mass is 9.88. The maximum absolute atomic E-state index is 12.0. The number of rotatable bonds is 1. The third kappa shape index (κ3) is 2.08. The van der Waals surface area contributed by atoms with Crippen LogP contribution in [0.5, 0.6) is 17.4 Å². The largest absolute Gasteiger partial charge is 0.504 e. The van der Waals surface area contributed by atoms with Crippen molar-refractivity contribution < 1.29 is 24.2 Å². The highest BCUT2D eigenvalue weighted by Gasteiger charge is 2.35. The summed E-state index contributed by atoms with van der Waals surface area (Å²) in [6.07, 6.45) is 1.81. The SMILES string of the molecule is CN1CCC(c2c3n(C)c4ccc(O)c(c24)OC(=O)C(=O)O3)CC1. The van der Waals surface area contributed by atoms with Crippen LogP contribution < -0.4 is 9.47 Å². The molecule has 1 fully saturated rings. The zero-order chi connectivity index (χ0) is 17.0. The standard InChI is InChI=1S/C17H18N2O5/c1-18-7-5-9(6-8-18)12-13-10-3-4-11(20)14(13)23-16(21)17(22)24-15(12)19(10)2/h3-4,9,20H,5-8H2,1-2H3. The number of likely N-dealkylation sites (tertiary alicyclic amines) is 1. The first-order chi connectivity index (χ1) is 11.5. The number of aromatic hydroxyl groups is 1. The van der Waals surface area contributed by atoms with Crippen LogP contribution in [0.15, 0.2) is 12.1 Å². The minimum absolute atomic E-state index is 0.0462. The van der Waals surface area contributed by atoms with Crippen molar-refractivity contribution in [3.63, 3.8) is 0 Å². The van der Waals surface area contributed by atoms with Gasteiger partial charge in [0.2, 0.25) is 5.88 Å². The molecular formula is C17H18N2O5. The predicted molar refractivity (Wildman–Crippen MR) is 85.3 cm³/mol. The van der Waals surface area contributed by atoms with Crippen molar-refractivity contribution in [2.75, 3.05) is 20.1 Å². The maximum Gasteiger partial charge on any atom is 0.424 e. The summed E-state index contributed by atoms with van der Waals surface area (Å²) >= 11 is 0. The molecule has 24 heavy (non-hydrogen) atoms. The Morgan fingerprint density at radius 1 is 1.08 bits per heavy atom. The Bertz CT molecular complexity index is 862. The van der Waals surface area contributed by atoms with Crippen LogP contribution in [0.1, 0.15) is 24.3 Å². The Morgan fingerprint density at radius 2 is 1.75 bits per heavy atom. The van der Waals surface area contributed by atoms with Crippen molar-refractivity contribution in [3.05, 3.63) is 17.7 Å². The number of phenolic OH excluding ortho intramolecular Hbond substituents is 1. The van der Waals surface area contributed by atoms with Crippen molar-refractivity contribution in [2.45, 2.75) is 18.8 Å². The summed E-state index contributed by atoms with van der Waals surface area (Å²) in [5.74, 6) is -1.77. The summed E-state index contributed by atoms with van der Waals surface area (Å²) in [5, 5.41) is 10.8. The molecule has 0 unspecified atom stereocenters. The lowest BCUT2D eigenvalue weighted by Crippen LogP contribution is -2.31. The number of ether oxygens (including phenoxy) is 2. The van der Waals surface area contributed by atoms with E-state index in [-0.39, 0.29) is 17.4 Å². The fourth-order valence-electron chi connectivity index (χ4n) is 3.66. The molecule has 1 aromatic carbocycles. The van der Waals surface area contributed by atoms with Crippen molar-refractivity contribution in [1.82, 2.24) is 9.47 Å². The lowest BCUT2D eigenvalue weighted by Gasteiger charge is -2.29. The average Bonchev–Trinajstić information content (AvgIpc) is 2.83. The molecule has 3 heterocycles. The summed E-state index contributed by atoms with van der Waals surface area (Å²) in [6, 6.07) is 3.20. The van der Waals surface area contributed by atoms with Gasteiger partial charge in [0, 0.05) is 12.6 Å². The number of nitrogens with zero attached hydrogens (tertiary/aromatic N) is 2. The molecule has 0 radical (unpaired) electrons. The molecule has 1 aromatic heterocycles. The van der Waals surface area contributed by atoms with Crippen LogP contribution in [0.2, 0.25) is 0 Å². The third-order valence-electron chi connectivity index (χ3n) is 4.96. The molecule has 7 nitrogen and oxygen atoms in total. The van der Waals surface area contributed by atoms with Gasteiger partial charge in [-0.05, 0) is 51.0 Å². The zero-order valence-electron chi connectivity index (χ0n) is 13.5. The van der Waals surface area contributed by atoms with E-state index in [2.05, 4.69) is 11.9 Å². The Kier molecular flexibility index (Phi) is 3.28. The van der Waals surface area contributed by atoms with Gasteiger partial charge >= 0.3 is 11.9 Å². The van der Waals surface area contributed by atoms with E-state index in [0.717, 1.165) is 37.0 Å². The predicted octanol–water partition coefficient (Wildman–Crippen LogP) is 1.52. The summed E-state index contributed by atoms with van der Waals surface area (Å²) in [7, 11) is 3.85. The van der Waals surface area contributed by atoms with Crippen molar-refractivity contribution in [1.29, 1.82) is 0 Å². The van der Waals surface area contributed by atoms with Crippen LogP contribution in [0, 0.1) is 0 Å². The topological polar surface area (TPSA) is 81.0 Å². The molecular weight excluding hydrogens is 312 g/mol. The third-order valence-corrected chi connectivity index (χ3v) is 4.96. The number of aromatic nitrogens is 1. The van der Waals surface area contributed by atoms with Gasteiger partial charge < -0.3 is 24.0 Å². The molecule has 1 saturated heterocycles. The van der Waals surface area contributed by atoms with Gasteiger partial charge in [0.1, 0.15) is 0 Å². The highest BCUT2D eigenvalue weighted by Crippen LogP contribution is 2.48. The molecule has 2 bridgehead atoms. The Labute approximate surface area is 138 Å². The Hall–Kier alpha value is -2.54. The molecule has 2 aromatic rings. The number of hydrogen-bond acceptors (Lipinski definition) is 6. The number of aryl methyl sites for hydroxylation is 1. The normalized spacial score (nSPS) is 19.2. The molecule has 0 spiro atoms. The van der Waals surface area contributed by atoms with E-state index in [1.54, 1.807) is 17.7 Å². The number of phenols is 1. The number of fused-ring (bicyclic) bond motifs is 1. The van der Waals surface area contributed by atoms with Gasteiger partial charge in [0.15, 0.2) is 11.5 Å². The zero-order valence-corrected chi connectivity index (χ0v) is 13.5. The monoisotopic (exact) mass is 330 g/mol. The Morgan fingerprint density at radius 3 is 2.46 bits per heavy atom. The van der Waals surface area contributed by atoms with Crippen LogP contribution in [0.25, 0.3) is 10.9 Å². The molecule has 126 valence electrons. The maximum atomic E-state index is 12.0. The quantitative estimate of drug-likeness (QED) is 0.485. The molecule has 0 saturated carbocycles. The van der Waals surface area contributed by atoms with Gasteiger partial charge in [-0.15, -0.1) is 0 Å². The Balaban J connectivity index is 2.00. The molecule has 1 N–H and O–H groups in total. The van der Waals surface area contributed by atoms with Gasteiger partial charge in [-0.25, -0.2) is 9.59 Å². The van der Waals surface area contributed by atoms with E-state index in [0.29, 0.717) is 11.3 Å². The highest BCUT2D eigenvalue weighted by molar-refractivity contribution is 6.31. The molecule has 0 aliphatic carbocycles. The smallest absolute Gasteiger partial charge is 0.424 e. The first-order valence-electron chi connectivity index (χ1n) is 7.94. The summed E-state index contributed by atoms with van der Waals surface area (Å²) in [6.45, 7) is 1.87. The summed E-state index contributed by atoms with van der Waals surface area (Å²) in [4.78, 5) is 26.0. The van der Waals surface area contributed by atoms with Crippen molar-refractivity contribution in [2.24, 2.45) is 7.05 Å². The summed E-state index contributed by atoms with van der Waals surface area (Å²) < 4.78 is 12.2. The molecule has 0 amide bonds. The minimum Gasteiger partial charge on any atom is -0.504 e. The average molecular weight is 330 g/mol. The lowest BCUT2D eigenvalue weighted by molar-refractivity contribution is -0.156. The van der Waals surface area contributed by atoms with Crippen molar-refractivity contribution in [3.8, 4) is 17.4 Å². The number of esters is 2. The number of carbonyl (C=O) groups is 2. The molecule has 0 atom stereocenters. The van der Waals surface area contributed by atoms with E-state index in [4.69, 9.17) is 9.47 Å². The van der Waals surface area contributed by atoms with Gasteiger partial charge in [0.05, 0.1) is 10.9 Å². The van der Waals surface area contributed by atoms with Crippen LogP contribution in [-0.2, 0) is 16.6 Å². The first kappa shape index (κ1) is 15.0. The van der Waals surface area contributed by atoms with E-state index >= 15 is 0 Å². The van der Waals surface area contributed by atoms with E-state index in [1.807, 2.05) is 0 Å². The molecule has 7 heteroatoms. The fourth-order valence-corrected chi connectivity index (χ4v) is 3.66. The second kappa shape index (κ2) is 5.24. The fraction of sp³-hybridized carbons (Fsp3) is 0.412.